The Morgan fingerprint density at radius 1 is 0.443 bits per heavy atom. The van der Waals surface area contributed by atoms with Crippen molar-refractivity contribution in [3.8, 4) is 0 Å². The Labute approximate surface area is 432 Å². The Morgan fingerprint density at radius 2 is 0.800 bits per heavy atom. The van der Waals surface area contributed by atoms with Gasteiger partial charge in [0.15, 0.2) is 6.10 Å². The fourth-order valence-corrected chi connectivity index (χ4v) is 8.65. The molecule has 0 aliphatic carbocycles. The Hall–Kier alpha value is -2.97. The van der Waals surface area contributed by atoms with E-state index in [4.69, 9.17) is 14.2 Å². The maximum absolute atomic E-state index is 12.8. The van der Waals surface area contributed by atoms with E-state index >= 15 is 0 Å². The van der Waals surface area contributed by atoms with Crippen LogP contribution in [-0.2, 0) is 28.6 Å². The average Bonchev–Trinajstić information content (AvgIpc) is 3.33. The summed E-state index contributed by atoms with van der Waals surface area (Å²) >= 11 is 0. The number of ether oxygens (including phenoxy) is 3. The summed E-state index contributed by atoms with van der Waals surface area (Å²) in [6, 6.07) is -0.730. The van der Waals surface area contributed by atoms with Gasteiger partial charge in [-0.2, -0.15) is 0 Å². The van der Waals surface area contributed by atoms with Crippen LogP contribution in [0.4, 0.5) is 0 Å². The molecule has 0 radical (unpaired) electrons. The van der Waals surface area contributed by atoms with Crippen LogP contribution < -0.4 is 5.11 Å². The van der Waals surface area contributed by atoms with E-state index < -0.39 is 18.1 Å². The highest BCUT2D eigenvalue weighted by Crippen LogP contribution is 2.16. The summed E-state index contributed by atoms with van der Waals surface area (Å²) in [4.78, 5) is 37.2. The molecule has 2 atom stereocenters. The first-order valence-electron chi connectivity index (χ1n) is 29.3. The molecule has 0 aliphatic rings. The number of esters is 2. The fourth-order valence-electron chi connectivity index (χ4n) is 8.65. The maximum Gasteiger partial charge on any atom is 0.306 e. The van der Waals surface area contributed by atoms with Crippen LogP contribution >= 0.6 is 0 Å². The van der Waals surface area contributed by atoms with E-state index in [1.54, 1.807) is 0 Å². The van der Waals surface area contributed by atoms with Crippen LogP contribution in [-0.4, -0.2) is 75.5 Å². The van der Waals surface area contributed by atoms with Crippen LogP contribution in [0.15, 0.2) is 60.8 Å². The summed E-state index contributed by atoms with van der Waals surface area (Å²) in [5.74, 6) is -1.74. The molecular weight excluding hydrogens is 871 g/mol. The van der Waals surface area contributed by atoms with E-state index in [0.717, 1.165) is 70.6 Å². The summed E-state index contributed by atoms with van der Waals surface area (Å²) < 4.78 is 17.3. The largest absolute Gasteiger partial charge is 0.544 e. The van der Waals surface area contributed by atoms with Crippen LogP contribution in [0.2, 0.25) is 0 Å². The monoisotopic (exact) mass is 982 g/mol. The van der Waals surface area contributed by atoms with Gasteiger partial charge in [-0.3, -0.25) is 9.59 Å². The zero-order chi connectivity index (χ0) is 51.3. The van der Waals surface area contributed by atoms with Gasteiger partial charge in [0.25, 0.3) is 0 Å². The van der Waals surface area contributed by atoms with Gasteiger partial charge in [0, 0.05) is 19.3 Å². The van der Waals surface area contributed by atoms with Crippen LogP contribution in [0.3, 0.4) is 0 Å². The Balaban J connectivity index is 4.17. The number of hydrogen-bond donors (Lipinski definition) is 0. The number of likely N-dealkylation sites (N-methyl/N-ethyl adjacent to an activating group) is 1. The second-order valence-corrected chi connectivity index (χ2v) is 20.8. The van der Waals surface area contributed by atoms with Crippen LogP contribution in [0.1, 0.15) is 264 Å². The van der Waals surface area contributed by atoms with E-state index in [-0.39, 0.29) is 42.7 Å². The second kappa shape index (κ2) is 52.4. The van der Waals surface area contributed by atoms with E-state index in [1.807, 2.05) is 21.1 Å². The molecule has 0 amide bonds. The molecule has 0 aliphatic heterocycles. The molecule has 0 aromatic heterocycles. The van der Waals surface area contributed by atoms with Gasteiger partial charge in [0.2, 0.25) is 0 Å². The molecule has 70 heavy (non-hydrogen) atoms. The minimum absolute atomic E-state index is 0.0372. The molecule has 0 heterocycles. The molecule has 0 spiro atoms. The Kier molecular flexibility index (Phi) is 50.1. The molecule has 0 saturated heterocycles. The van der Waals surface area contributed by atoms with Gasteiger partial charge in [-0.1, -0.05) is 229 Å². The van der Waals surface area contributed by atoms with Crippen LogP contribution in [0.5, 0.6) is 0 Å². The van der Waals surface area contributed by atoms with Crippen molar-refractivity contribution in [3.63, 3.8) is 0 Å². The smallest absolute Gasteiger partial charge is 0.306 e. The lowest BCUT2D eigenvalue weighted by atomic mass is 10.0. The quantitative estimate of drug-likeness (QED) is 0.0259. The van der Waals surface area contributed by atoms with E-state index in [2.05, 4.69) is 74.6 Å². The number of hydrogen-bond acceptors (Lipinski definition) is 7. The number of allylic oxidation sites excluding steroid dienone is 10. The zero-order valence-corrected chi connectivity index (χ0v) is 46.4. The highest BCUT2D eigenvalue weighted by Gasteiger charge is 2.25. The number of carboxylic acid groups (broad SMARTS) is 1. The third-order valence-corrected chi connectivity index (χ3v) is 13.1. The lowest BCUT2D eigenvalue weighted by molar-refractivity contribution is -0.889. The van der Waals surface area contributed by atoms with Crippen molar-refractivity contribution in [1.29, 1.82) is 0 Å². The third kappa shape index (κ3) is 50.0. The topological polar surface area (TPSA) is 102 Å². The minimum Gasteiger partial charge on any atom is -0.544 e. The molecule has 2 unspecified atom stereocenters. The highest BCUT2D eigenvalue weighted by molar-refractivity contribution is 5.70. The first kappa shape index (κ1) is 67.0. The number of unbranched alkanes of at least 4 members (excludes halogenated alkanes) is 29. The summed E-state index contributed by atoms with van der Waals surface area (Å²) in [5, 5.41) is 11.7. The molecule has 0 N–H and O–H groups in total. The molecule has 406 valence electrons. The fraction of sp³-hybridized carbons (Fsp3) is 0.790. The minimum atomic E-state index is -1.12. The van der Waals surface area contributed by atoms with Gasteiger partial charge in [-0.25, -0.2) is 0 Å². The number of carbonyl (C=O) groups is 3. The SMILES string of the molecule is CC/C=C/C/C=C/C/C=C/CCCCCCCCCCCCCCCC(=O)OCC(COCCC(C(=O)[O-])[N+](C)(C)C)OC(=O)CCCCCCCCC/C=C/C/C=C/CCCCCCCCCCC. The highest BCUT2D eigenvalue weighted by atomic mass is 16.6. The van der Waals surface area contributed by atoms with Gasteiger partial charge in [0.1, 0.15) is 12.6 Å². The molecular formula is C62H111NO7. The number of carboxylic acids is 1. The Bertz CT molecular complexity index is 1330. The van der Waals surface area contributed by atoms with Crippen molar-refractivity contribution in [2.45, 2.75) is 276 Å². The molecule has 0 aromatic rings. The van der Waals surface area contributed by atoms with Crippen molar-refractivity contribution in [2.24, 2.45) is 0 Å². The molecule has 0 saturated carbocycles. The number of nitrogens with zero attached hydrogens (tertiary/aromatic N) is 1. The number of quaternary nitrogens is 1. The molecule has 0 aromatic carbocycles. The Morgan fingerprint density at radius 3 is 1.19 bits per heavy atom. The normalized spacial score (nSPS) is 13.2. The second-order valence-electron chi connectivity index (χ2n) is 20.8. The van der Waals surface area contributed by atoms with Crippen LogP contribution in [0.25, 0.3) is 0 Å². The molecule has 8 heteroatoms. The summed E-state index contributed by atoms with van der Waals surface area (Å²) in [5.41, 5.74) is 0. The van der Waals surface area contributed by atoms with Gasteiger partial charge >= 0.3 is 11.9 Å². The predicted molar refractivity (Wildman–Crippen MR) is 296 cm³/mol. The average molecular weight is 983 g/mol. The van der Waals surface area contributed by atoms with E-state index in [1.165, 1.54) is 161 Å². The van der Waals surface area contributed by atoms with Crippen molar-refractivity contribution >= 4 is 17.9 Å². The van der Waals surface area contributed by atoms with Crippen LogP contribution in [0, 0.1) is 0 Å². The van der Waals surface area contributed by atoms with Gasteiger partial charge < -0.3 is 28.6 Å². The van der Waals surface area contributed by atoms with E-state index in [0.29, 0.717) is 12.8 Å². The molecule has 8 nitrogen and oxygen atoms in total. The summed E-state index contributed by atoms with van der Waals surface area (Å²) in [6.07, 6.45) is 66.9. The summed E-state index contributed by atoms with van der Waals surface area (Å²) in [6.45, 7) is 4.58. The molecule has 0 rings (SSSR count). The maximum atomic E-state index is 12.8. The summed E-state index contributed by atoms with van der Waals surface area (Å²) in [7, 11) is 5.42. The van der Waals surface area contributed by atoms with Gasteiger partial charge in [-0.05, 0) is 77.0 Å². The van der Waals surface area contributed by atoms with Gasteiger partial charge in [-0.15, -0.1) is 0 Å². The molecule has 0 bridgehead atoms. The lowest BCUT2D eigenvalue weighted by Gasteiger charge is -2.34. The van der Waals surface area contributed by atoms with Gasteiger partial charge in [0.05, 0.1) is 40.3 Å². The molecule has 0 fully saturated rings. The third-order valence-electron chi connectivity index (χ3n) is 13.1. The number of aliphatic carboxylic acids is 1. The number of carbonyl (C=O) groups excluding carboxylic acids is 3. The first-order valence-corrected chi connectivity index (χ1v) is 29.3. The number of rotatable bonds is 53. The predicted octanol–water partition coefficient (Wildman–Crippen LogP) is 16.3. The zero-order valence-electron chi connectivity index (χ0n) is 46.4. The lowest BCUT2D eigenvalue weighted by Crippen LogP contribution is -2.55. The first-order chi connectivity index (χ1) is 34.1. The standard InChI is InChI=1S/C62H111NO7/c1-6-8-10-12-14-16-18-20-22-24-26-28-30-32-34-36-38-40-42-44-46-48-50-52-60(64)69-57-58(56-68-55-54-59(62(66)67)63(3,4)5)70-61(65)53-51-49-47-45-43-41-39-37-35-33-31-29-27-25-23-21-19-17-15-13-11-9-7-2/h8,10,14,16,20,22,27,29,33,35,58-59H,6-7,9,11-13,15,17-19,21,23-26,28,30-32,34,36-57H2,1-5H3/b10-8+,16-14+,22-20+,29-27+,35-33+. The van der Waals surface area contributed by atoms with Crippen molar-refractivity contribution in [2.75, 3.05) is 41.0 Å². The van der Waals surface area contributed by atoms with Crippen molar-refractivity contribution in [3.05, 3.63) is 60.8 Å². The van der Waals surface area contributed by atoms with Crippen molar-refractivity contribution in [1.82, 2.24) is 0 Å². The van der Waals surface area contributed by atoms with Crippen molar-refractivity contribution < 1.29 is 38.2 Å². The van der Waals surface area contributed by atoms with E-state index in [9.17, 15) is 19.5 Å².